The summed E-state index contributed by atoms with van der Waals surface area (Å²) in [6.07, 6.45) is 12.6. The molecule has 1 aromatic rings. The Labute approximate surface area is 271 Å². The SMILES string of the molecule is CC(=N)N(C(=N)CCCCCCCCCN)C(C)CC1CCC(C)N1CCC(NC(=O)C1CCC(F)(F)CC1)c1ccccc1. The number of amidine groups is 2. The Morgan fingerprint density at radius 3 is 2.27 bits per heavy atom. The molecular formula is C36H60F2N6O. The van der Waals surface area contributed by atoms with Crippen LogP contribution < -0.4 is 11.1 Å². The maximum Gasteiger partial charge on any atom is 0.248 e. The second-order valence-corrected chi connectivity index (χ2v) is 13.7. The average Bonchev–Trinajstić information content (AvgIpc) is 3.34. The van der Waals surface area contributed by atoms with Gasteiger partial charge in [0.25, 0.3) is 0 Å². The number of unbranched alkanes of at least 4 members (excludes halogenated alkanes) is 6. The van der Waals surface area contributed by atoms with Crippen LogP contribution in [0.15, 0.2) is 30.3 Å². The predicted octanol–water partition coefficient (Wildman–Crippen LogP) is 8.05. The Hall–Kier alpha value is -2.39. The molecule has 2 fully saturated rings. The monoisotopic (exact) mass is 630 g/mol. The highest BCUT2D eigenvalue weighted by Crippen LogP contribution is 2.37. The Balaban J connectivity index is 1.55. The van der Waals surface area contributed by atoms with E-state index in [4.69, 9.17) is 16.6 Å². The molecule has 1 amide bonds. The third-order valence-corrected chi connectivity index (χ3v) is 10.1. The summed E-state index contributed by atoms with van der Waals surface area (Å²) in [5, 5.41) is 20.5. The molecule has 4 atom stereocenters. The molecule has 0 bridgehead atoms. The molecule has 1 aliphatic heterocycles. The second-order valence-electron chi connectivity index (χ2n) is 13.7. The average molecular weight is 631 g/mol. The summed E-state index contributed by atoms with van der Waals surface area (Å²) in [5.41, 5.74) is 6.62. The molecule has 45 heavy (non-hydrogen) atoms. The van der Waals surface area contributed by atoms with Gasteiger partial charge in [0.1, 0.15) is 5.84 Å². The second kappa shape index (κ2) is 18.7. The summed E-state index contributed by atoms with van der Waals surface area (Å²) in [6.45, 7) is 7.78. The summed E-state index contributed by atoms with van der Waals surface area (Å²) in [7, 11) is 0. The number of nitrogens with zero attached hydrogens (tertiary/aromatic N) is 2. The van der Waals surface area contributed by atoms with Gasteiger partial charge in [0, 0.05) is 49.9 Å². The molecule has 2 aliphatic rings. The molecule has 1 heterocycles. The Bertz CT molecular complexity index is 1040. The highest BCUT2D eigenvalue weighted by atomic mass is 19.3. The number of nitrogens with one attached hydrogen (secondary N) is 3. The first kappa shape index (κ1) is 37.1. The third-order valence-electron chi connectivity index (χ3n) is 10.1. The number of rotatable bonds is 18. The van der Waals surface area contributed by atoms with Crippen LogP contribution in [-0.2, 0) is 4.79 Å². The molecule has 4 unspecified atom stereocenters. The van der Waals surface area contributed by atoms with Crippen molar-refractivity contribution in [2.75, 3.05) is 13.1 Å². The molecule has 7 nitrogen and oxygen atoms in total. The number of halogens is 2. The standard InChI is InChI=1S/C36H60F2N6O/c1-27-17-18-32(26-28(2)44(29(3)40)34(41)16-12-7-5-4-6-8-13-24-39)43(27)25-21-33(30-14-10-9-11-15-30)42-35(45)31-19-22-36(37,38)23-20-31/h9-11,14-15,27-28,31-33,40-41H,4-8,12-13,16-26,39H2,1-3H3,(H,42,45). The quantitative estimate of drug-likeness (QED) is 0.0748. The zero-order valence-corrected chi connectivity index (χ0v) is 28.1. The van der Waals surface area contributed by atoms with Crippen molar-refractivity contribution in [3.63, 3.8) is 0 Å². The summed E-state index contributed by atoms with van der Waals surface area (Å²) in [4.78, 5) is 17.7. The highest BCUT2D eigenvalue weighted by Gasteiger charge is 2.38. The van der Waals surface area contributed by atoms with E-state index in [0.29, 0.717) is 30.2 Å². The highest BCUT2D eigenvalue weighted by molar-refractivity contribution is 5.97. The largest absolute Gasteiger partial charge is 0.349 e. The van der Waals surface area contributed by atoms with Gasteiger partial charge < -0.3 is 16.0 Å². The minimum atomic E-state index is -2.65. The summed E-state index contributed by atoms with van der Waals surface area (Å²) >= 11 is 0. The van der Waals surface area contributed by atoms with Crippen molar-refractivity contribution in [1.82, 2.24) is 15.1 Å². The fourth-order valence-electron chi connectivity index (χ4n) is 7.40. The number of hydrogen-bond donors (Lipinski definition) is 4. The maximum atomic E-state index is 13.7. The Morgan fingerprint density at radius 2 is 1.64 bits per heavy atom. The van der Waals surface area contributed by atoms with Gasteiger partial charge in [-0.2, -0.15) is 0 Å². The number of benzene rings is 1. The van der Waals surface area contributed by atoms with Crippen molar-refractivity contribution in [3.05, 3.63) is 35.9 Å². The molecule has 1 saturated heterocycles. The third kappa shape index (κ3) is 12.0. The van der Waals surface area contributed by atoms with Gasteiger partial charge in [-0.25, -0.2) is 8.78 Å². The van der Waals surface area contributed by atoms with Crippen LogP contribution in [-0.4, -0.2) is 64.5 Å². The molecule has 254 valence electrons. The normalized spacial score (nSPS) is 21.7. The van der Waals surface area contributed by atoms with E-state index in [1.807, 2.05) is 35.2 Å². The molecule has 0 spiro atoms. The van der Waals surface area contributed by atoms with Gasteiger partial charge in [0.15, 0.2) is 0 Å². The van der Waals surface area contributed by atoms with E-state index in [2.05, 4.69) is 24.1 Å². The lowest BCUT2D eigenvalue weighted by molar-refractivity contribution is -0.130. The van der Waals surface area contributed by atoms with Crippen LogP contribution in [0.25, 0.3) is 0 Å². The summed E-state index contributed by atoms with van der Waals surface area (Å²) in [6, 6.07) is 10.6. The molecule has 1 aromatic carbocycles. The minimum absolute atomic E-state index is 0.0538. The molecular weight excluding hydrogens is 570 g/mol. The number of amides is 1. The number of likely N-dealkylation sites (tertiary alicyclic amines) is 1. The van der Waals surface area contributed by atoms with Crippen LogP contribution in [0.1, 0.15) is 135 Å². The predicted molar refractivity (Wildman–Crippen MR) is 181 cm³/mol. The van der Waals surface area contributed by atoms with Gasteiger partial charge in [-0.3, -0.25) is 20.5 Å². The molecule has 1 saturated carbocycles. The lowest BCUT2D eigenvalue weighted by Crippen LogP contribution is -2.46. The van der Waals surface area contributed by atoms with Crippen molar-refractivity contribution in [3.8, 4) is 0 Å². The molecule has 1 aliphatic carbocycles. The molecule has 9 heteroatoms. The van der Waals surface area contributed by atoms with Gasteiger partial charge in [0.05, 0.1) is 11.9 Å². The number of carbonyl (C=O) groups excluding carboxylic acids is 1. The fraction of sp³-hybridized carbons (Fsp3) is 0.750. The van der Waals surface area contributed by atoms with Crippen LogP contribution in [0.2, 0.25) is 0 Å². The smallest absolute Gasteiger partial charge is 0.248 e. The van der Waals surface area contributed by atoms with Crippen molar-refractivity contribution in [2.45, 2.75) is 154 Å². The number of alkyl halides is 2. The van der Waals surface area contributed by atoms with Crippen LogP contribution >= 0.6 is 0 Å². The Kier molecular flexibility index (Phi) is 15.4. The van der Waals surface area contributed by atoms with Gasteiger partial charge in [-0.05, 0) is 84.2 Å². The van der Waals surface area contributed by atoms with Crippen molar-refractivity contribution >= 4 is 17.6 Å². The Morgan fingerprint density at radius 1 is 1.02 bits per heavy atom. The zero-order valence-electron chi connectivity index (χ0n) is 28.1. The van der Waals surface area contributed by atoms with Crippen molar-refractivity contribution in [2.24, 2.45) is 11.7 Å². The molecule has 3 rings (SSSR count). The first-order valence-corrected chi connectivity index (χ1v) is 17.6. The lowest BCUT2D eigenvalue weighted by atomic mass is 9.86. The molecule has 5 N–H and O–H groups in total. The zero-order chi connectivity index (χ0) is 32.8. The van der Waals surface area contributed by atoms with E-state index in [1.54, 1.807) is 6.92 Å². The van der Waals surface area contributed by atoms with Crippen LogP contribution in [0, 0.1) is 16.7 Å². The van der Waals surface area contributed by atoms with Crippen molar-refractivity contribution < 1.29 is 13.6 Å². The fourth-order valence-corrected chi connectivity index (χ4v) is 7.40. The van der Waals surface area contributed by atoms with E-state index in [-0.39, 0.29) is 49.6 Å². The number of carbonyl (C=O) groups is 1. The topological polar surface area (TPSA) is 109 Å². The summed E-state index contributed by atoms with van der Waals surface area (Å²) in [5.74, 6) is -2.15. The van der Waals surface area contributed by atoms with Gasteiger partial charge in [0.2, 0.25) is 11.8 Å². The van der Waals surface area contributed by atoms with Crippen molar-refractivity contribution in [1.29, 1.82) is 10.8 Å². The van der Waals surface area contributed by atoms with Gasteiger partial charge in [-0.15, -0.1) is 0 Å². The first-order valence-electron chi connectivity index (χ1n) is 17.6. The minimum Gasteiger partial charge on any atom is -0.349 e. The van der Waals surface area contributed by atoms with E-state index >= 15 is 0 Å². The van der Waals surface area contributed by atoms with Gasteiger partial charge >= 0.3 is 0 Å². The molecule has 0 aromatic heterocycles. The van der Waals surface area contributed by atoms with Gasteiger partial charge in [-0.1, -0.05) is 62.4 Å². The van der Waals surface area contributed by atoms with E-state index in [0.717, 1.165) is 63.6 Å². The lowest BCUT2D eigenvalue weighted by Gasteiger charge is -2.36. The van der Waals surface area contributed by atoms with E-state index < -0.39 is 5.92 Å². The van der Waals surface area contributed by atoms with Crippen LogP contribution in [0.4, 0.5) is 8.78 Å². The van der Waals surface area contributed by atoms with Crippen LogP contribution in [0.5, 0.6) is 0 Å². The number of hydrogen-bond acceptors (Lipinski definition) is 5. The van der Waals surface area contributed by atoms with E-state index in [1.165, 1.54) is 25.7 Å². The van der Waals surface area contributed by atoms with E-state index in [9.17, 15) is 13.6 Å². The number of nitrogens with two attached hydrogens (primary N) is 1. The first-order chi connectivity index (χ1) is 21.5. The summed E-state index contributed by atoms with van der Waals surface area (Å²) < 4.78 is 27.4. The van der Waals surface area contributed by atoms with Crippen LogP contribution in [0.3, 0.4) is 0 Å². The maximum absolute atomic E-state index is 13.7. The molecule has 0 radical (unpaired) electrons.